The predicted octanol–water partition coefficient (Wildman–Crippen LogP) is 4.54. The highest BCUT2D eigenvalue weighted by molar-refractivity contribution is 6.03. The van der Waals surface area contributed by atoms with Crippen LogP contribution in [-0.4, -0.2) is 11.8 Å². The average molecular weight is 391 g/mol. The zero-order valence-electron chi connectivity index (χ0n) is 16.2. The Kier molecular flexibility index (Phi) is 5.30. The molecule has 0 fully saturated rings. The van der Waals surface area contributed by atoms with E-state index < -0.39 is 17.7 Å². The maximum absolute atomic E-state index is 14.0. The van der Waals surface area contributed by atoms with Gasteiger partial charge < -0.3 is 10.1 Å². The molecule has 148 valence electrons. The summed E-state index contributed by atoms with van der Waals surface area (Å²) in [4.78, 5) is 25.9. The lowest BCUT2D eigenvalue weighted by molar-refractivity contribution is -0.140. The molecule has 5 heteroatoms. The van der Waals surface area contributed by atoms with Crippen molar-refractivity contribution in [1.82, 2.24) is 5.32 Å². The first-order valence-corrected chi connectivity index (χ1v) is 9.75. The zero-order chi connectivity index (χ0) is 20.4. The van der Waals surface area contributed by atoms with Crippen molar-refractivity contribution in [1.29, 1.82) is 0 Å². The number of halogens is 1. The number of ether oxygens (including phenoxy) is 1. The van der Waals surface area contributed by atoms with Crippen molar-refractivity contribution < 1.29 is 18.7 Å². The number of benzene rings is 2. The summed E-state index contributed by atoms with van der Waals surface area (Å²) in [5.74, 6) is -1.54. The largest absolute Gasteiger partial charge is 0.457 e. The van der Waals surface area contributed by atoms with E-state index in [2.05, 4.69) is 5.32 Å². The molecule has 0 saturated heterocycles. The molecule has 0 unspecified atom stereocenters. The van der Waals surface area contributed by atoms with Gasteiger partial charge in [-0.2, -0.15) is 0 Å². The third-order valence-corrected chi connectivity index (χ3v) is 5.39. The molecule has 0 spiro atoms. The van der Waals surface area contributed by atoms with Crippen LogP contribution in [0.1, 0.15) is 43.2 Å². The second-order valence-electron chi connectivity index (χ2n) is 7.38. The average Bonchev–Trinajstić information content (AvgIpc) is 2.72. The van der Waals surface area contributed by atoms with Crippen molar-refractivity contribution in [3.8, 4) is 0 Å². The molecule has 0 radical (unpaired) electrons. The van der Waals surface area contributed by atoms with Gasteiger partial charge in [0.2, 0.25) is 0 Å². The number of hydrogen-bond donors (Lipinski definition) is 1. The molecule has 1 N–H and O–H groups in total. The van der Waals surface area contributed by atoms with E-state index in [0.29, 0.717) is 28.8 Å². The molecule has 0 aromatic heterocycles. The van der Waals surface area contributed by atoms with E-state index in [4.69, 9.17) is 4.74 Å². The SMILES string of the molecule is CC1=C(C(=O)OCc2ccccc2)[C@H](c2cccc(F)c2)C2=C(CCCC2=O)N1. The summed E-state index contributed by atoms with van der Waals surface area (Å²) in [7, 11) is 0. The number of Topliss-reactive ketones (excluding diaryl/α,β-unsaturated/α-hetero) is 1. The van der Waals surface area contributed by atoms with Crippen LogP contribution in [0.3, 0.4) is 0 Å². The van der Waals surface area contributed by atoms with Gasteiger partial charge >= 0.3 is 5.97 Å². The number of hydrogen-bond acceptors (Lipinski definition) is 4. The van der Waals surface area contributed by atoms with Crippen LogP contribution < -0.4 is 5.32 Å². The number of nitrogens with one attached hydrogen (secondary N) is 1. The fraction of sp³-hybridized carbons (Fsp3) is 0.250. The molecule has 4 rings (SSSR count). The molecular weight excluding hydrogens is 369 g/mol. The molecular formula is C24H22FNO3. The molecule has 2 aromatic rings. The molecule has 1 atom stereocenters. The second-order valence-corrected chi connectivity index (χ2v) is 7.38. The van der Waals surface area contributed by atoms with Crippen LogP contribution in [0.4, 0.5) is 4.39 Å². The maximum Gasteiger partial charge on any atom is 0.337 e. The van der Waals surface area contributed by atoms with Gasteiger partial charge in [0.1, 0.15) is 12.4 Å². The monoisotopic (exact) mass is 391 g/mol. The Balaban J connectivity index is 1.72. The standard InChI is InChI=1S/C24H22FNO3/c1-15-21(24(28)29-14-16-7-3-2-4-8-16)22(17-9-5-10-18(25)13-17)23-19(26-15)11-6-12-20(23)27/h2-5,7-10,13,22,26H,6,11-12,14H2,1H3/t22-/m0/s1. The Labute approximate surface area is 169 Å². The van der Waals surface area contributed by atoms with E-state index in [1.165, 1.54) is 12.1 Å². The maximum atomic E-state index is 14.0. The Bertz CT molecular complexity index is 1020. The van der Waals surface area contributed by atoms with Crippen molar-refractivity contribution in [3.63, 3.8) is 0 Å². The molecule has 1 heterocycles. The van der Waals surface area contributed by atoms with Crippen molar-refractivity contribution in [2.24, 2.45) is 0 Å². The third-order valence-electron chi connectivity index (χ3n) is 5.39. The third kappa shape index (κ3) is 3.86. The highest BCUT2D eigenvalue weighted by Gasteiger charge is 2.39. The van der Waals surface area contributed by atoms with Crippen LogP contribution >= 0.6 is 0 Å². The lowest BCUT2D eigenvalue weighted by atomic mass is 9.75. The summed E-state index contributed by atoms with van der Waals surface area (Å²) in [6, 6.07) is 15.5. The van der Waals surface area contributed by atoms with E-state index in [0.717, 1.165) is 24.1 Å². The predicted molar refractivity (Wildman–Crippen MR) is 107 cm³/mol. The van der Waals surface area contributed by atoms with E-state index in [1.54, 1.807) is 19.1 Å². The van der Waals surface area contributed by atoms with E-state index >= 15 is 0 Å². The molecule has 0 saturated carbocycles. The smallest absolute Gasteiger partial charge is 0.337 e. The van der Waals surface area contributed by atoms with Gasteiger partial charge in [-0.15, -0.1) is 0 Å². The summed E-state index contributed by atoms with van der Waals surface area (Å²) in [5.41, 5.74) is 3.84. The number of rotatable bonds is 4. The van der Waals surface area contributed by atoms with Gasteiger partial charge in [0, 0.05) is 29.3 Å². The lowest BCUT2D eigenvalue weighted by Gasteiger charge is -2.34. The van der Waals surface area contributed by atoms with Crippen LogP contribution in [0.15, 0.2) is 77.1 Å². The van der Waals surface area contributed by atoms with Crippen LogP contribution in [0.25, 0.3) is 0 Å². The van der Waals surface area contributed by atoms with E-state index in [1.807, 2.05) is 30.3 Å². The molecule has 0 bridgehead atoms. The lowest BCUT2D eigenvalue weighted by Crippen LogP contribution is -2.34. The normalized spacial score (nSPS) is 19.0. The zero-order valence-corrected chi connectivity index (χ0v) is 16.2. The van der Waals surface area contributed by atoms with Gasteiger partial charge in [-0.1, -0.05) is 42.5 Å². The minimum atomic E-state index is -0.627. The highest BCUT2D eigenvalue weighted by Crippen LogP contribution is 2.42. The van der Waals surface area contributed by atoms with Crippen LogP contribution in [0, 0.1) is 5.82 Å². The number of allylic oxidation sites excluding steroid dienone is 3. The molecule has 2 aliphatic rings. The Hall–Kier alpha value is -3.21. The second kappa shape index (κ2) is 8.03. The Morgan fingerprint density at radius 3 is 2.69 bits per heavy atom. The van der Waals surface area contributed by atoms with Gasteiger partial charge in [-0.3, -0.25) is 4.79 Å². The number of carbonyl (C=O) groups excluding carboxylic acids is 2. The van der Waals surface area contributed by atoms with Gasteiger partial charge in [0.05, 0.1) is 5.57 Å². The van der Waals surface area contributed by atoms with Gasteiger partial charge in [0.25, 0.3) is 0 Å². The molecule has 0 amide bonds. The van der Waals surface area contributed by atoms with Crippen molar-refractivity contribution >= 4 is 11.8 Å². The number of carbonyl (C=O) groups is 2. The molecule has 2 aromatic carbocycles. The number of ketones is 1. The topological polar surface area (TPSA) is 55.4 Å². The van der Waals surface area contributed by atoms with Crippen molar-refractivity contribution in [2.45, 2.75) is 38.7 Å². The minimum Gasteiger partial charge on any atom is -0.457 e. The molecule has 4 nitrogen and oxygen atoms in total. The Morgan fingerprint density at radius 1 is 1.14 bits per heavy atom. The fourth-order valence-electron chi connectivity index (χ4n) is 4.07. The highest BCUT2D eigenvalue weighted by atomic mass is 19.1. The van der Waals surface area contributed by atoms with Gasteiger partial charge in [0.15, 0.2) is 5.78 Å². The van der Waals surface area contributed by atoms with Crippen LogP contribution in [-0.2, 0) is 20.9 Å². The quantitative estimate of drug-likeness (QED) is 0.778. The van der Waals surface area contributed by atoms with E-state index in [-0.39, 0.29) is 12.4 Å². The molecule has 29 heavy (non-hydrogen) atoms. The first-order valence-electron chi connectivity index (χ1n) is 9.75. The Morgan fingerprint density at radius 2 is 1.93 bits per heavy atom. The first kappa shape index (κ1) is 19.1. The summed E-state index contributed by atoms with van der Waals surface area (Å²) < 4.78 is 19.6. The summed E-state index contributed by atoms with van der Waals surface area (Å²) in [6.07, 6.45) is 1.93. The van der Waals surface area contributed by atoms with E-state index in [9.17, 15) is 14.0 Å². The number of esters is 1. The first-order chi connectivity index (χ1) is 14.0. The van der Waals surface area contributed by atoms with Gasteiger partial charge in [-0.05, 0) is 43.0 Å². The summed E-state index contributed by atoms with van der Waals surface area (Å²) in [6.45, 7) is 1.93. The van der Waals surface area contributed by atoms with Crippen molar-refractivity contribution in [2.75, 3.05) is 0 Å². The van der Waals surface area contributed by atoms with Crippen LogP contribution in [0.2, 0.25) is 0 Å². The molecule has 1 aliphatic carbocycles. The van der Waals surface area contributed by atoms with Gasteiger partial charge in [-0.25, -0.2) is 9.18 Å². The molecule has 1 aliphatic heterocycles. The summed E-state index contributed by atoms with van der Waals surface area (Å²) in [5, 5.41) is 3.24. The van der Waals surface area contributed by atoms with Crippen LogP contribution in [0.5, 0.6) is 0 Å². The number of dihydropyridines is 1. The van der Waals surface area contributed by atoms with Crippen molar-refractivity contribution in [3.05, 3.63) is 94.1 Å². The fourth-order valence-corrected chi connectivity index (χ4v) is 4.07. The summed E-state index contributed by atoms with van der Waals surface area (Å²) >= 11 is 0. The minimum absolute atomic E-state index is 0.00568.